The molecule has 1 aliphatic heterocycles. The molecule has 2 N–H and O–H groups in total. The van der Waals surface area contributed by atoms with Crippen molar-refractivity contribution in [3.05, 3.63) is 24.3 Å². The number of nitrogens with zero attached hydrogens (tertiary/aromatic N) is 1. The third-order valence-electron chi connectivity index (χ3n) is 5.24. The highest BCUT2D eigenvalue weighted by Gasteiger charge is 2.19. The largest absolute Gasteiger partial charge is 0.396 e. The lowest BCUT2D eigenvalue weighted by Crippen LogP contribution is -2.36. The molecule has 0 aromatic heterocycles. The van der Waals surface area contributed by atoms with Gasteiger partial charge < -0.3 is 15.3 Å². The number of hydrogen-bond acceptors (Lipinski definition) is 3. The first-order valence-corrected chi connectivity index (χ1v) is 9.07. The molecule has 0 radical (unpaired) electrons. The first kappa shape index (κ1) is 15.7. The number of benzene rings is 1. The Balaban J connectivity index is 1.57. The number of hydrogen-bond donors (Lipinski definition) is 2. The van der Waals surface area contributed by atoms with E-state index in [4.69, 9.17) is 0 Å². The van der Waals surface area contributed by atoms with Gasteiger partial charge in [0.25, 0.3) is 0 Å². The van der Waals surface area contributed by atoms with Gasteiger partial charge in [-0.3, -0.25) is 0 Å². The van der Waals surface area contributed by atoms with Gasteiger partial charge in [0, 0.05) is 37.1 Å². The van der Waals surface area contributed by atoms with Crippen molar-refractivity contribution in [1.82, 2.24) is 0 Å². The van der Waals surface area contributed by atoms with Gasteiger partial charge >= 0.3 is 0 Å². The van der Waals surface area contributed by atoms with E-state index in [1.165, 1.54) is 56.3 Å². The normalized spacial score (nSPS) is 24.0. The lowest BCUT2D eigenvalue weighted by molar-refractivity contribution is 0.209. The van der Waals surface area contributed by atoms with E-state index in [1.54, 1.807) is 0 Å². The number of piperidine rings is 1. The van der Waals surface area contributed by atoms with Crippen molar-refractivity contribution in [2.24, 2.45) is 5.92 Å². The lowest BCUT2D eigenvalue weighted by Gasteiger charge is -2.33. The van der Waals surface area contributed by atoms with Crippen LogP contribution in [0.1, 0.15) is 51.4 Å². The van der Waals surface area contributed by atoms with E-state index < -0.39 is 0 Å². The Morgan fingerprint density at radius 2 is 1.68 bits per heavy atom. The third-order valence-corrected chi connectivity index (χ3v) is 5.24. The Hall–Kier alpha value is -1.22. The summed E-state index contributed by atoms with van der Waals surface area (Å²) < 4.78 is 0. The highest BCUT2D eigenvalue weighted by atomic mass is 16.3. The van der Waals surface area contributed by atoms with Crippen molar-refractivity contribution in [2.75, 3.05) is 29.9 Å². The van der Waals surface area contributed by atoms with Gasteiger partial charge in [-0.05, 0) is 55.9 Å². The second-order valence-electron chi connectivity index (χ2n) is 7.02. The summed E-state index contributed by atoms with van der Waals surface area (Å²) in [6, 6.07) is 9.57. The van der Waals surface area contributed by atoms with Crippen LogP contribution in [0.3, 0.4) is 0 Å². The summed E-state index contributed by atoms with van der Waals surface area (Å²) in [5.41, 5.74) is 2.55. The molecule has 0 spiro atoms. The molecule has 1 saturated heterocycles. The van der Waals surface area contributed by atoms with Gasteiger partial charge in [-0.25, -0.2) is 0 Å². The summed E-state index contributed by atoms with van der Waals surface area (Å²) in [7, 11) is 0. The Labute approximate surface area is 134 Å². The molecule has 1 atom stereocenters. The van der Waals surface area contributed by atoms with E-state index in [0.29, 0.717) is 18.6 Å². The van der Waals surface area contributed by atoms with Crippen LogP contribution in [-0.4, -0.2) is 30.8 Å². The number of rotatable bonds is 4. The Morgan fingerprint density at radius 3 is 2.36 bits per heavy atom. The second kappa shape index (κ2) is 7.87. The van der Waals surface area contributed by atoms with E-state index in [1.807, 2.05) is 0 Å². The van der Waals surface area contributed by atoms with Crippen molar-refractivity contribution in [1.29, 1.82) is 0 Å². The van der Waals surface area contributed by atoms with E-state index in [-0.39, 0.29) is 0 Å². The van der Waals surface area contributed by atoms with Crippen LogP contribution < -0.4 is 10.2 Å². The van der Waals surface area contributed by atoms with Gasteiger partial charge in [0.15, 0.2) is 0 Å². The molecule has 1 aromatic carbocycles. The molecule has 22 heavy (non-hydrogen) atoms. The Bertz CT molecular complexity index is 437. The molecular weight excluding hydrogens is 272 g/mol. The minimum atomic E-state index is 0.317. The van der Waals surface area contributed by atoms with Gasteiger partial charge in [0.05, 0.1) is 0 Å². The van der Waals surface area contributed by atoms with Gasteiger partial charge in [-0.2, -0.15) is 0 Å². The summed E-state index contributed by atoms with van der Waals surface area (Å²) in [6.07, 6.45) is 10.5. The first-order chi connectivity index (χ1) is 10.8. The fourth-order valence-electron chi connectivity index (χ4n) is 3.88. The Morgan fingerprint density at radius 1 is 0.955 bits per heavy atom. The fourth-order valence-corrected chi connectivity index (χ4v) is 3.88. The molecule has 3 nitrogen and oxygen atoms in total. The molecule has 1 saturated carbocycles. The predicted octanol–water partition coefficient (Wildman–Crippen LogP) is 4.03. The van der Waals surface area contributed by atoms with E-state index in [0.717, 1.165) is 19.5 Å². The summed E-state index contributed by atoms with van der Waals surface area (Å²) >= 11 is 0. The number of aliphatic hydroxyl groups is 1. The maximum absolute atomic E-state index is 9.37. The van der Waals surface area contributed by atoms with Gasteiger partial charge in [0.2, 0.25) is 0 Å². The number of anilines is 2. The minimum Gasteiger partial charge on any atom is -0.396 e. The number of nitrogens with one attached hydrogen (secondary N) is 1. The molecule has 0 amide bonds. The zero-order valence-corrected chi connectivity index (χ0v) is 13.6. The van der Waals surface area contributed by atoms with Crippen LogP contribution in [0.25, 0.3) is 0 Å². The third kappa shape index (κ3) is 4.16. The summed E-state index contributed by atoms with van der Waals surface area (Å²) in [6.45, 7) is 2.43. The van der Waals surface area contributed by atoms with E-state index >= 15 is 0 Å². The molecule has 3 rings (SSSR count). The summed E-state index contributed by atoms with van der Waals surface area (Å²) in [4.78, 5) is 2.42. The van der Waals surface area contributed by atoms with Crippen LogP contribution in [-0.2, 0) is 0 Å². The van der Waals surface area contributed by atoms with Crippen molar-refractivity contribution >= 4 is 11.4 Å². The van der Waals surface area contributed by atoms with Crippen LogP contribution >= 0.6 is 0 Å². The maximum Gasteiger partial charge on any atom is 0.0476 e. The van der Waals surface area contributed by atoms with Gasteiger partial charge in [0.1, 0.15) is 0 Å². The first-order valence-electron chi connectivity index (χ1n) is 9.07. The predicted molar refractivity (Wildman–Crippen MR) is 93.6 cm³/mol. The molecule has 1 aliphatic carbocycles. The fraction of sp³-hybridized carbons (Fsp3) is 0.684. The monoisotopic (exact) mass is 302 g/mol. The molecule has 2 fully saturated rings. The summed E-state index contributed by atoms with van der Waals surface area (Å²) in [5, 5.41) is 13.1. The van der Waals surface area contributed by atoms with Crippen molar-refractivity contribution in [3.63, 3.8) is 0 Å². The quantitative estimate of drug-likeness (QED) is 0.824. The highest BCUT2D eigenvalue weighted by molar-refractivity contribution is 5.55. The maximum atomic E-state index is 9.37. The lowest BCUT2D eigenvalue weighted by atomic mass is 9.98. The second-order valence-corrected chi connectivity index (χ2v) is 7.02. The zero-order valence-electron chi connectivity index (χ0n) is 13.6. The molecule has 2 aliphatic rings. The average molecular weight is 302 g/mol. The average Bonchev–Trinajstić information content (AvgIpc) is 2.84. The smallest absolute Gasteiger partial charge is 0.0476 e. The summed E-state index contributed by atoms with van der Waals surface area (Å²) in [5.74, 6) is 0.442. The van der Waals surface area contributed by atoms with Crippen LogP contribution in [0.2, 0.25) is 0 Å². The molecule has 1 unspecified atom stereocenters. The number of aliphatic hydroxyl groups excluding tert-OH is 1. The van der Waals surface area contributed by atoms with Crippen LogP contribution in [0.15, 0.2) is 24.3 Å². The minimum absolute atomic E-state index is 0.317. The van der Waals surface area contributed by atoms with Crippen molar-refractivity contribution in [2.45, 2.75) is 57.4 Å². The van der Waals surface area contributed by atoms with Gasteiger partial charge in [-0.1, -0.05) is 25.7 Å². The molecule has 1 aromatic rings. The zero-order chi connectivity index (χ0) is 15.2. The van der Waals surface area contributed by atoms with Crippen LogP contribution in [0.4, 0.5) is 11.4 Å². The van der Waals surface area contributed by atoms with E-state index in [2.05, 4.69) is 34.5 Å². The van der Waals surface area contributed by atoms with Crippen LogP contribution in [0, 0.1) is 5.92 Å². The van der Waals surface area contributed by atoms with Crippen molar-refractivity contribution in [3.8, 4) is 0 Å². The van der Waals surface area contributed by atoms with Gasteiger partial charge in [-0.15, -0.1) is 0 Å². The molecule has 1 heterocycles. The van der Waals surface area contributed by atoms with Crippen molar-refractivity contribution < 1.29 is 5.11 Å². The molecule has 0 bridgehead atoms. The standard InChI is InChI=1S/C19H30N2O/c22-15-16-6-5-13-21(14-16)19-11-9-18(10-12-19)20-17-7-3-1-2-4-8-17/h9-12,16-17,20,22H,1-8,13-15H2. The van der Waals surface area contributed by atoms with Crippen LogP contribution in [0.5, 0.6) is 0 Å². The Kier molecular flexibility index (Phi) is 5.60. The highest BCUT2D eigenvalue weighted by Crippen LogP contribution is 2.26. The molecule has 122 valence electrons. The SMILES string of the molecule is OCC1CCCN(c2ccc(NC3CCCCCC3)cc2)C1. The van der Waals surface area contributed by atoms with E-state index in [9.17, 15) is 5.11 Å². The molecular formula is C19H30N2O. The molecule has 3 heteroatoms. The topological polar surface area (TPSA) is 35.5 Å².